The van der Waals surface area contributed by atoms with Crippen molar-refractivity contribution in [2.45, 2.75) is 6.10 Å². The fourth-order valence-electron chi connectivity index (χ4n) is 2.48. The molecule has 26 heavy (non-hydrogen) atoms. The maximum Gasteiger partial charge on any atom is 0.269 e. The quantitative estimate of drug-likeness (QED) is 0.581. The SMILES string of the molecule is CN(CC1COc2ccccc2O1)C(=O)COc1ccc([N+](=O)[O-])cc1. The van der Waals surface area contributed by atoms with E-state index >= 15 is 0 Å². The molecule has 0 saturated carbocycles. The summed E-state index contributed by atoms with van der Waals surface area (Å²) in [6.45, 7) is 0.549. The van der Waals surface area contributed by atoms with Crippen molar-refractivity contribution < 1.29 is 23.9 Å². The first-order valence-electron chi connectivity index (χ1n) is 8.02. The van der Waals surface area contributed by atoms with E-state index in [1.807, 2.05) is 24.3 Å². The molecule has 0 spiro atoms. The fourth-order valence-corrected chi connectivity index (χ4v) is 2.48. The topological polar surface area (TPSA) is 91.1 Å². The highest BCUT2D eigenvalue weighted by Crippen LogP contribution is 2.30. The first-order chi connectivity index (χ1) is 12.5. The summed E-state index contributed by atoms with van der Waals surface area (Å²) < 4.78 is 16.8. The molecule has 1 amide bonds. The monoisotopic (exact) mass is 358 g/mol. The van der Waals surface area contributed by atoms with Crippen molar-refractivity contribution in [3.05, 3.63) is 58.6 Å². The molecule has 0 bridgehead atoms. The average Bonchev–Trinajstić information content (AvgIpc) is 2.66. The largest absolute Gasteiger partial charge is 0.486 e. The Labute approximate surface area is 150 Å². The molecular weight excluding hydrogens is 340 g/mol. The molecule has 1 aliphatic heterocycles. The second-order valence-electron chi connectivity index (χ2n) is 5.81. The zero-order valence-electron chi connectivity index (χ0n) is 14.2. The van der Waals surface area contributed by atoms with Crippen molar-refractivity contribution in [1.82, 2.24) is 4.90 Å². The molecule has 2 aromatic carbocycles. The minimum atomic E-state index is -0.493. The number of para-hydroxylation sites is 2. The third-order valence-electron chi connectivity index (χ3n) is 3.88. The Bertz CT molecular complexity index is 793. The average molecular weight is 358 g/mol. The molecule has 2 aromatic rings. The van der Waals surface area contributed by atoms with Crippen molar-refractivity contribution in [3.63, 3.8) is 0 Å². The number of ether oxygens (including phenoxy) is 3. The first kappa shape index (κ1) is 17.5. The van der Waals surface area contributed by atoms with E-state index in [0.717, 1.165) is 0 Å². The predicted molar refractivity (Wildman–Crippen MR) is 92.6 cm³/mol. The van der Waals surface area contributed by atoms with Crippen molar-refractivity contribution in [2.75, 3.05) is 26.8 Å². The summed E-state index contributed by atoms with van der Waals surface area (Å²) in [5, 5.41) is 10.6. The molecule has 1 atom stereocenters. The van der Waals surface area contributed by atoms with Crippen LogP contribution in [-0.4, -0.2) is 48.6 Å². The van der Waals surface area contributed by atoms with Gasteiger partial charge in [-0.15, -0.1) is 0 Å². The van der Waals surface area contributed by atoms with Gasteiger partial charge in [0.2, 0.25) is 0 Å². The minimum Gasteiger partial charge on any atom is -0.486 e. The molecule has 0 saturated heterocycles. The molecule has 0 fully saturated rings. The number of likely N-dealkylation sites (N-methyl/N-ethyl adjacent to an activating group) is 1. The van der Waals surface area contributed by atoms with Gasteiger partial charge in [0.25, 0.3) is 11.6 Å². The van der Waals surface area contributed by atoms with E-state index in [2.05, 4.69) is 0 Å². The van der Waals surface area contributed by atoms with Crippen LogP contribution in [0.25, 0.3) is 0 Å². The molecule has 8 nitrogen and oxygen atoms in total. The van der Waals surface area contributed by atoms with Crippen LogP contribution >= 0.6 is 0 Å². The van der Waals surface area contributed by atoms with Gasteiger partial charge in [-0.25, -0.2) is 0 Å². The van der Waals surface area contributed by atoms with Crippen LogP contribution in [0.1, 0.15) is 0 Å². The lowest BCUT2D eigenvalue weighted by Gasteiger charge is -2.29. The minimum absolute atomic E-state index is 0.0319. The van der Waals surface area contributed by atoms with E-state index < -0.39 is 4.92 Å². The molecule has 0 N–H and O–H groups in total. The summed E-state index contributed by atoms with van der Waals surface area (Å²) in [4.78, 5) is 23.8. The number of carbonyl (C=O) groups excluding carboxylic acids is 1. The van der Waals surface area contributed by atoms with Gasteiger partial charge in [-0.3, -0.25) is 14.9 Å². The van der Waals surface area contributed by atoms with E-state index in [4.69, 9.17) is 14.2 Å². The van der Waals surface area contributed by atoms with Crippen LogP contribution in [0, 0.1) is 10.1 Å². The van der Waals surface area contributed by atoms with Gasteiger partial charge in [-0.05, 0) is 24.3 Å². The second kappa shape index (κ2) is 7.73. The number of nitro groups is 1. The summed E-state index contributed by atoms with van der Waals surface area (Å²) in [5.74, 6) is 1.51. The molecule has 136 valence electrons. The van der Waals surface area contributed by atoms with Crippen LogP contribution in [0.2, 0.25) is 0 Å². The highest BCUT2D eigenvalue weighted by atomic mass is 16.6. The molecule has 0 aromatic heterocycles. The predicted octanol–water partition coefficient (Wildman–Crippen LogP) is 2.27. The Morgan fingerprint density at radius 1 is 1.23 bits per heavy atom. The lowest BCUT2D eigenvalue weighted by molar-refractivity contribution is -0.384. The van der Waals surface area contributed by atoms with Gasteiger partial charge in [-0.1, -0.05) is 12.1 Å². The van der Waals surface area contributed by atoms with E-state index in [9.17, 15) is 14.9 Å². The Morgan fingerprint density at radius 2 is 1.92 bits per heavy atom. The number of non-ortho nitro benzene ring substituents is 1. The van der Waals surface area contributed by atoms with Gasteiger partial charge in [0, 0.05) is 19.2 Å². The summed E-state index contributed by atoms with van der Waals surface area (Å²) in [6.07, 6.45) is -0.266. The zero-order chi connectivity index (χ0) is 18.5. The van der Waals surface area contributed by atoms with Gasteiger partial charge in [0.1, 0.15) is 12.4 Å². The van der Waals surface area contributed by atoms with Crippen LogP contribution < -0.4 is 14.2 Å². The van der Waals surface area contributed by atoms with Crippen molar-refractivity contribution in [3.8, 4) is 17.2 Å². The molecule has 1 unspecified atom stereocenters. The Morgan fingerprint density at radius 3 is 2.62 bits per heavy atom. The van der Waals surface area contributed by atoms with Gasteiger partial charge in [0.05, 0.1) is 11.5 Å². The maximum atomic E-state index is 12.2. The van der Waals surface area contributed by atoms with Gasteiger partial charge in [-0.2, -0.15) is 0 Å². The molecule has 1 heterocycles. The summed E-state index contributed by atoms with van der Waals surface area (Å²) >= 11 is 0. The zero-order valence-corrected chi connectivity index (χ0v) is 14.2. The number of nitrogens with zero attached hydrogens (tertiary/aromatic N) is 2. The molecule has 0 aliphatic carbocycles. The molecule has 8 heteroatoms. The van der Waals surface area contributed by atoms with E-state index in [-0.39, 0.29) is 24.3 Å². The number of benzene rings is 2. The third-order valence-corrected chi connectivity index (χ3v) is 3.88. The highest BCUT2D eigenvalue weighted by molar-refractivity contribution is 5.77. The summed E-state index contributed by atoms with van der Waals surface area (Å²) in [5.41, 5.74) is -0.0319. The van der Waals surface area contributed by atoms with Crippen molar-refractivity contribution >= 4 is 11.6 Å². The Kier molecular flexibility index (Phi) is 5.21. The lowest BCUT2D eigenvalue weighted by Crippen LogP contribution is -2.43. The standard InChI is InChI=1S/C18H18N2O6/c1-19(10-15-11-25-16-4-2-3-5-17(16)26-15)18(21)12-24-14-8-6-13(7-9-14)20(22)23/h2-9,15H,10-12H2,1H3. The van der Waals surface area contributed by atoms with Crippen LogP contribution in [0.4, 0.5) is 5.69 Å². The van der Waals surface area contributed by atoms with E-state index in [0.29, 0.717) is 30.4 Å². The Hall–Kier alpha value is -3.29. The van der Waals surface area contributed by atoms with Crippen LogP contribution in [0.15, 0.2) is 48.5 Å². The highest BCUT2D eigenvalue weighted by Gasteiger charge is 2.23. The van der Waals surface area contributed by atoms with Crippen LogP contribution in [0.5, 0.6) is 17.2 Å². The number of rotatable bonds is 6. The van der Waals surface area contributed by atoms with Crippen LogP contribution in [-0.2, 0) is 4.79 Å². The van der Waals surface area contributed by atoms with Gasteiger partial charge >= 0.3 is 0 Å². The smallest absolute Gasteiger partial charge is 0.269 e. The van der Waals surface area contributed by atoms with E-state index in [1.54, 1.807) is 7.05 Å². The van der Waals surface area contributed by atoms with Crippen molar-refractivity contribution in [2.24, 2.45) is 0 Å². The van der Waals surface area contributed by atoms with E-state index in [1.165, 1.54) is 29.2 Å². The number of amides is 1. The molecule has 1 aliphatic rings. The summed E-state index contributed by atoms with van der Waals surface area (Å²) in [7, 11) is 1.66. The van der Waals surface area contributed by atoms with Gasteiger partial charge in [0.15, 0.2) is 24.2 Å². The number of nitro benzene ring substituents is 1. The van der Waals surface area contributed by atoms with Crippen LogP contribution in [0.3, 0.4) is 0 Å². The third kappa shape index (κ3) is 4.21. The first-order valence-corrected chi connectivity index (χ1v) is 8.02. The summed E-state index contributed by atoms with van der Waals surface area (Å²) in [6, 6.07) is 13.0. The molecule has 3 rings (SSSR count). The number of hydrogen-bond acceptors (Lipinski definition) is 6. The fraction of sp³-hybridized carbons (Fsp3) is 0.278. The maximum absolute atomic E-state index is 12.2. The number of hydrogen-bond donors (Lipinski definition) is 0. The normalized spacial score (nSPS) is 15.2. The van der Waals surface area contributed by atoms with Crippen molar-refractivity contribution in [1.29, 1.82) is 0 Å². The van der Waals surface area contributed by atoms with Gasteiger partial charge < -0.3 is 19.1 Å². The molecular formula is C18H18N2O6. The lowest BCUT2D eigenvalue weighted by atomic mass is 10.2. The molecule has 0 radical (unpaired) electrons. The Balaban J connectivity index is 1.48. The number of fused-ring (bicyclic) bond motifs is 1. The second-order valence-corrected chi connectivity index (χ2v) is 5.81. The number of carbonyl (C=O) groups is 1.